The fraction of sp³-hybridized carbons (Fsp3) is 0.417. The molecule has 1 aromatic carbocycles. The average Bonchev–Trinajstić information content (AvgIpc) is 2.50. The first kappa shape index (κ1) is 12.7. The maximum atomic E-state index is 12.6. The van der Waals surface area contributed by atoms with Gasteiger partial charge < -0.3 is 10.0 Å². The average molecular weight is 259 g/mol. The maximum Gasteiger partial charge on any atom is 0.416 e. The van der Waals surface area contributed by atoms with Crippen molar-refractivity contribution >= 4 is 11.7 Å². The summed E-state index contributed by atoms with van der Waals surface area (Å²) < 4.78 is 37.8. The van der Waals surface area contributed by atoms with Crippen molar-refractivity contribution in [1.29, 1.82) is 0 Å². The summed E-state index contributed by atoms with van der Waals surface area (Å²) in [5, 5.41) is 9.09. The van der Waals surface area contributed by atoms with E-state index in [0.717, 1.165) is 12.1 Å². The molecule has 0 fully saturated rings. The molecule has 0 amide bonds. The second kappa shape index (κ2) is 3.90. The Kier molecular flexibility index (Phi) is 2.76. The van der Waals surface area contributed by atoms with Gasteiger partial charge in [-0.1, -0.05) is 6.92 Å². The summed E-state index contributed by atoms with van der Waals surface area (Å²) in [6.07, 6.45) is -4.41. The summed E-state index contributed by atoms with van der Waals surface area (Å²) in [5.41, 5.74) is 0.232. The molecule has 0 saturated carbocycles. The van der Waals surface area contributed by atoms with Gasteiger partial charge in [-0.05, 0) is 23.8 Å². The smallest absolute Gasteiger partial charge is 0.416 e. The van der Waals surface area contributed by atoms with Crippen molar-refractivity contribution in [2.75, 3.05) is 11.9 Å². The number of likely N-dealkylation sites (N-methyl/N-ethyl adjacent to an activating group) is 1. The van der Waals surface area contributed by atoms with Crippen molar-refractivity contribution in [1.82, 2.24) is 0 Å². The van der Waals surface area contributed by atoms with Crippen LogP contribution in [0.5, 0.6) is 0 Å². The molecule has 1 N–H and O–H groups in total. The third-order valence-corrected chi connectivity index (χ3v) is 3.37. The highest BCUT2D eigenvalue weighted by Gasteiger charge is 2.40. The van der Waals surface area contributed by atoms with E-state index in [4.69, 9.17) is 5.11 Å². The van der Waals surface area contributed by atoms with E-state index in [1.807, 2.05) is 0 Å². The molecule has 1 heterocycles. The molecule has 3 nitrogen and oxygen atoms in total. The Labute approximate surface area is 102 Å². The minimum Gasteiger partial charge on any atom is -0.480 e. The number of rotatable bonds is 1. The molecule has 0 spiro atoms. The lowest BCUT2D eigenvalue weighted by molar-refractivity contribution is -0.139. The van der Waals surface area contributed by atoms with E-state index in [9.17, 15) is 18.0 Å². The Bertz CT molecular complexity index is 499. The van der Waals surface area contributed by atoms with E-state index in [1.165, 1.54) is 11.0 Å². The Morgan fingerprint density at radius 3 is 2.50 bits per heavy atom. The molecule has 0 aliphatic carbocycles. The minimum atomic E-state index is -4.41. The number of nitrogens with zero attached hydrogens (tertiary/aromatic N) is 1. The second-order valence-electron chi connectivity index (χ2n) is 4.45. The first-order valence-electron chi connectivity index (χ1n) is 5.40. The topological polar surface area (TPSA) is 40.5 Å². The Balaban J connectivity index is 2.49. The lowest BCUT2D eigenvalue weighted by Crippen LogP contribution is -2.37. The zero-order valence-electron chi connectivity index (χ0n) is 9.82. The summed E-state index contributed by atoms with van der Waals surface area (Å²) in [6, 6.07) is 2.53. The summed E-state index contributed by atoms with van der Waals surface area (Å²) in [5.74, 6) is -1.50. The predicted octanol–water partition coefficient (Wildman–Crippen LogP) is 2.71. The van der Waals surface area contributed by atoms with Crippen LogP contribution in [0, 0.1) is 0 Å². The minimum absolute atomic E-state index is 0.430. The number of aliphatic carboxylic acids is 1. The zero-order chi connectivity index (χ0) is 13.7. The monoisotopic (exact) mass is 259 g/mol. The number of hydrogen-bond acceptors (Lipinski definition) is 2. The molecule has 2 unspecified atom stereocenters. The zero-order valence-corrected chi connectivity index (χ0v) is 9.82. The largest absolute Gasteiger partial charge is 0.480 e. The molecule has 0 bridgehead atoms. The fourth-order valence-corrected chi connectivity index (χ4v) is 2.45. The molecule has 2 atom stereocenters. The SMILES string of the molecule is CC1c2cc(C(F)(F)F)ccc2N(C)C1C(=O)O. The van der Waals surface area contributed by atoms with Crippen molar-refractivity contribution in [3.05, 3.63) is 29.3 Å². The van der Waals surface area contributed by atoms with E-state index >= 15 is 0 Å². The van der Waals surface area contributed by atoms with Gasteiger partial charge >= 0.3 is 12.1 Å². The highest BCUT2D eigenvalue weighted by Crippen LogP contribution is 2.42. The molecule has 0 saturated heterocycles. The third-order valence-electron chi connectivity index (χ3n) is 3.37. The Morgan fingerprint density at radius 2 is 2.00 bits per heavy atom. The van der Waals surface area contributed by atoms with Crippen LogP contribution >= 0.6 is 0 Å². The molecule has 0 aromatic heterocycles. The van der Waals surface area contributed by atoms with Crippen molar-refractivity contribution in [3.8, 4) is 0 Å². The first-order valence-corrected chi connectivity index (χ1v) is 5.40. The number of alkyl halides is 3. The van der Waals surface area contributed by atoms with Gasteiger partial charge in [0.15, 0.2) is 0 Å². The van der Waals surface area contributed by atoms with Crippen LogP contribution in [0.1, 0.15) is 24.0 Å². The van der Waals surface area contributed by atoms with E-state index in [2.05, 4.69) is 0 Å². The number of fused-ring (bicyclic) bond motifs is 1. The molecule has 6 heteroatoms. The molecule has 1 aliphatic heterocycles. The number of halogens is 3. The summed E-state index contributed by atoms with van der Waals surface area (Å²) in [7, 11) is 1.58. The van der Waals surface area contributed by atoms with Gasteiger partial charge in [-0.15, -0.1) is 0 Å². The van der Waals surface area contributed by atoms with E-state index in [-0.39, 0.29) is 0 Å². The molecular formula is C12H12F3NO2. The van der Waals surface area contributed by atoms with E-state index in [1.54, 1.807) is 14.0 Å². The Hall–Kier alpha value is -1.72. The van der Waals surface area contributed by atoms with Crippen molar-refractivity contribution in [3.63, 3.8) is 0 Å². The number of hydrogen-bond donors (Lipinski definition) is 1. The van der Waals surface area contributed by atoms with Crippen LogP contribution in [-0.2, 0) is 11.0 Å². The number of carboxylic acid groups (broad SMARTS) is 1. The fourth-order valence-electron chi connectivity index (χ4n) is 2.45. The van der Waals surface area contributed by atoms with E-state index in [0.29, 0.717) is 11.3 Å². The highest BCUT2D eigenvalue weighted by atomic mass is 19.4. The van der Waals surface area contributed by atoms with E-state index < -0.39 is 29.7 Å². The van der Waals surface area contributed by atoms with Crippen LogP contribution in [0.4, 0.5) is 18.9 Å². The van der Waals surface area contributed by atoms with Gasteiger partial charge in [0.05, 0.1) is 5.56 Å². The lowest BCUT2D eigenvalue weighted by atomic mass is 9.95. The molecule has 2 rings (SSSR count). The summed E-state index contributed by atoms with van der Waals surface area (Å²) >= 11 is 0. The standard InChI is InChI=1S/C12H12F3NO2/c1-6-8-5-7(12(13,14)15)3-4-9(8)16(2)10(6)11(17)18/h3-6,10H,1-2H3,(H,17,18). The summed E-state index contributed by atoms with van der Waals surface area (Å²) in [6.45, 7) is 1.63. The van der Waals surface area contributed by atoms with Gasteiger partial charge in [0.25, 0.3) is 0 Å². The van der Waals surface area contributed by atoms with Gasteiger partial charge in [-0.3, -0.25) is 0 Å². The van der Waals surface area contributed by atoms with Crippen LogP contribution in [0.25, 0.3) is 0 Å². The number of benzene rings is 1. The summed E-state index contributed by atoms with van der Waals surface area (Å²) in [4.78, 5) is 12.6. The quantitative estimate of drug-likeness (QED) is 0.843. The van der Waals surface area contributed by atoms with Crippen molar-refractivity contribution in [2.45, 2.75) is 25.1 Å². The third kappa shape index (κ3) is 1.81. The van der Waals surface area contributed by atoms with Crippen LogP contribution < -0.4 is 4.90 Å². The molecule has 0 radical (unpaired) electrons. The lowest BCUT2D eigenvalue weighted by Gasteiger charge is -2.20. The highest BCUT2D eigenvalue weighted by molar-refractivity contribution is 5.83. The first-order chi connectivity index (χ1) is 8.23. The van der Waals surface area contributed by atoms with Crippen LogP contribution in [0.15, 0.2) is 18.2 Å². The number of carboxylic acids is 1. The number of carbonyl (C=O) groups is 1. The molecule has 18 heavy (non-hydrogen) atoms. The van der Waals surface area contributed by atoms with Crippen molar-refractivity contribution < 1.29 is 23.1 Å². The van der Waals surface area contributed by atoms with Gasteiger partial charge in [-0.2, -0.15) is 13.2 Å². The van der Waals surface area contributed by atoms with Crippen LogP contribution in [0.2, 0.25) is 0 Å². The molecule has 98 valence electrons. The molecule has 1 aromatic rings. The molecular weight excluding hydrogens is 247 g/mol. The van der Waals surface area contributed by atoms with Crippen LogP contribution in [0.3, 0.4) is 0 Å². The van der Waals surface area contributed by atoms with Gasteiger partial charge in [0.1, 0.15) is 6.04 Å². The number of anilines is 1. The second-order valence-corrected chi connectivity index (χ2v) is 4.45. The van der Waals surface area contributed by atoms with Gasteiger partial charge in [-0.25, -0.2) is 4.79 Å². The van der Waals surface area contributed by atoms with Crippen LogP contribution in [-0.4, -0.2) is 24.2 Å². The Morgan fingerprint density at radius 1 is 1.39 bits per heavy atom. The van der Waals surface area contributed by atoms with Crippen molar-refractivity contribution in [2.24, 2.45) is 0 Å². The molecule has 1 aliphatic rings. The van der Waals surface area contributed by atoms with Gasteiger partial charge in [0.2, 0.25) is 0 Å². The predicted molar refractivity (Wildman–Crippen MR) is 59.7 cm³/mol. The maximum absolute atomic E-state index is 12.6. The normalized spacial score (nSPS) is 23.1. The van der Waals surface area contributed by atoms with Gasteiger partial charge in [0, 0.05) is 18.7 Å².